The van der Waals surface area contributed by atoms with Gasteiger partial charge in [0.2, 0.25) is 0 Å². The fraction of sp³-hybridized carbons (Fsp3) is 0.250. The highest BCUT2D eigenvalue weighted by Crippen LogP contribution is 2.45. The highest BCUT2D eigenvalue weighted by Gasteiger charge is 2.35. The number of carbonyl (C=O) groups excluding carboxylic acids is 1. The third-order valence-electron chi connectivity index (χ3n) is 6.11. The van der Waals surface area contributed by atoms with Gasteiger partial charge < -0.3 is 23.3 Å². The number of para-hydroxylation sites is 1. The Bertz CT molecular complexity index is 1430. The van der Waals surface area contributed by atoms with Crippen molar-refractivity contribution in [2.75, 3.05) is 14.2 Å². The van der Waals surface area contributed by atoms with Crippen molar-refractivity contribution in [2.45, 2.75) is 12.3 Å². The van der Waals surface area contributed by atoms with Crippen LogP contribution in [-0.2, 0) is 18.9 Å². The lowest BCUT2D eigenvalue weighted by Crippen LogP contribution is -2.31. The highest BCUT2D eigenvalue weighted by molar-refractivity contribution is 5.96. The third-order valence-corrected chi connectivity index (χ3v) is 6.11. The van der Waals surface area contributed by atoms with E-state index in [1.807, 2.05) is 54.2 Å². The van der Waals surface area contributed by atoms with E-state index >= 15 is 0 Å². The summed E-state index contributed by atoms with van der Waals surface area (Å²) in [5, 5.41) is 1.60. The van der Waals surface area contributed by atoms with E-state index in [0.29, 0.717) is 22.8 Å². The number of pyridine rings is 1. The number of hydrogen-bond acceptors (Lipinski definition) is 5. The maximum Gasteiger partial charge on any atom is 0.312 e. The molecule has 5 rings (SSSR count). The molecule has 1 atom stereocenters. The van der Waals surface area contributed by atoms with Crippen LogP contribution in [0.25, 0.3) is 21.8 Å². The minimum Gasteiger partial charge on any atom is -0.497 e. The van der Waals surface area contributed by atoms with Gasteiger partial charge in [0, 0.05) is 49.1 Å². The number of aryl methyl sites for hydroxylation is 2. The maximum atomic E-state index is 13.4. The van der Waals surface area contributed by atoms with Crippen LogP contribution in [0.5, 0.6) is 17.2 Å². The second-order valence-electron chi connectivity index (χ2n) is 7.77. The highest BCUT2D eigenvalue weighted by atomic mass is 16.5. The van der Waals surface area contributed by atoms with E-state index in [1.165, 1.54) is 0 Å². The van der Waals surface area contributed by atoms with Gasteiger partial charge in [0.1, 0.15) is 17.2 Å². The maximum absolute atomic E-state index is 13.4. The molecule has 0 radical (unpaired) electrons. The normalized spacial score (nSPS) is 15.7. The molecule has 7 heteroatoms. The molecule has 0 N–H and O–H groups in total. The van der Waals surface area contributed by atoms with Crippen LogP contribution in [0.4, 0.5) is 0 Å². The van der Waals surface area contributed by atoms with Gasteiger partial charge in [-0.2, -0.15) is 0 Å². The topological polar surface area (TPSA) is 71.7 Å². The van der Waals surface area contributed by atoms with Gasteiger partial charge in [-0.25, -0.2) is 0 Å². The largest absolute Gasteiger partial charge is 0.497 e. The fourth-order valence-corrected chi connectivity index (χ4v) is 4.63. The van der Waals surface area contributed by atoms with Crippen molar-refractivity contribution in [1.82, 2.24) is 9.13 Å². The number of methoxy groups -OCH3 is 2. The van der Waals surface area contributed by atoms with Gasteiger partial charge in [-0.05, 0) is 17.7 Å². The third kappa shape index (κ3) is 2.73. The predicted molar refractivity (Wildman–Crippen MR) is 117 cm³/mol. The molecular formula is C24H22N2O5. The van der Waals surface area contributed by atoms with E-state index in [4.69, 9.17) is 14.2 Å². The Morgan fingerprint density at radius 3 is 2.55 bits per heavy atom. The quantitative estimate of drug-likeness (QED) is 0.477. The second kappa shape index (κ2) is 6.91. The first-order valence-electron chi connectivity index (χ1n) is 9.97. The summed E-state index contributed by atoms with van der Waals surface area (Å²) in [6.07, 6.45) is 2.03. The number of fused-ring (bicyclic) bond motifs is 4. The zero-order valence-corrected chi connectivity index (χ0v) is 17.8. The van der Waals surface area contributed by atoms with Crippen molar-refractivity contribution in [1.29, 1.82) is 0 Å². The smallest absolute Gasteiger partial charge is 0.312 e. The molecule has 4 aromatic rings. The Kier molecular flexibility index (Phi) is 4.28. The molecule has 3 heterocycles. The van der Waals surface area contributed by atoms with Gasteiger partial charge in [-0.3, -0.25) is 9.59 Å². The van der Waals surface area contributed by atoms with E-state index < -0.39 is 5.92 Å². The summed E-state index contributed by atoms with van der Waals surface area (Å²) in [5.41, 5.74) is 2.79. The van der Waals surface area contributed by atoms with E-state index in [-0.39, 0.29) is 17.9 Å². The molecule has 31 heavy (non-hydrogen) atoms. The molecule has 1 aliphatic heterocycles. The number of nitrogens with zero attached hydrogens (tertiary/aromatic N) is 2. The average Bonchev–Trinajstić information content (AvgIpc) is 3.12. The van der Waals surface area contributed by atoms with Gasteiger partial charge in [-0.1, -0.05) is 12.1 Å². The Labute approximate surface area is 178 Å². The first kappa shape index (κ1) is 19.2. The van der Waals surface area contributed by atoms with Crippen molar-refractivity contribution >= 4 is 27.8 Å². The van der Waals surface area contributed by atoms with Crippen LogP contribution in [0.3, 0.4) is 0 Å². The van der Waals surface area contributed by atoms with Crippen molar-refractivity contribution in [3.63, 3.8) is 0 Å². The molecule has 158 valence electrons. The van der Waals surface area contributed by atoms with E-state index in [1.54, 1.807) is 25.8 Å². The molecule has 7 nitrogen and oxygen atoms in total. The van der Waals surface area contributed by atoms with Crippen LogP contribution in [-0.4, -0.2) is 29.3 Å². The Morgan fingerprint density at radius 2 is 1.81 bits per heavy atom. The Balaban J connectivity index is 1.86. The van der Waals surface area contributed by atoms with Crippen LogP contribution in [0, 0.1) is 0 Å². The van der Waals surface area contributed by atoms with Crippen LogP contribution in [0.2, 0.25) is 0 Å². The molecule has 0 bridgehead atoms. The molecule has 0 aliphatic carbocycles. The van der Waals surface area contributed by atoms with E-state index in [0.717, 1.165) is 27.4 Å². The van der Waals surface area contributed by atoms with Gasteiger partial charge in [0.25, 0.3) is 5.56 Å². The number of aromatic nitrogens is 2. The number of benzene rings is 2. The van der Waals surface area contributed by atoms with Crippen molar-refractivity contribution < 1.29 is 19.0 Å². The lowest BCUT2D eigenvalue weighted by molar-refractivity contribution is -0.135. The molecule has 1 aliphatic rings. The second-order valence-corrected chi connectivity index (χ2v) is 7.77. The molecule has 1 unspecified atom stereocenters. The molecular weight excluding hydrogens is 396 g/mol. The summed E-state index contributed by atoms with van der Waals surface area (Å²) < 4.78 is 20.3. The van der Waals surface area contributed by atoms with E-state index in [2.05, 4.69) is 0 Å². The van der Waals surface area contributed by atoms with Gasteiger partial charge in [0.05, 0.1) is 37.2 Å². The van der Waals surface area contributed by atoms with Gasteiger partial charge in [-0.15, -0.1) is 0 Å². The number of hydrogen-bond donors (Lipinski definition) is 0. The summed E-state index contributed by atoms with van der Waals surface area (Å²) in [6.45, 7) is 0. The lowest BCUT2D eigenvalue weighted by Gasteiger charge is -2.26. The first-order chi connectivity index (χ1) is 14.9. The summed E-state index contributed by atoms with van der Waals surface area (Å²) in [6, 6.07) is 11.2. The molecule has 0 amide bonds. The van der Waals surface area contributed by atoms with Crippen molar-refractivity contribution in [3.8, 4) is 17.2 Å². The first-order valence-corrected chi connectivity index (χ1v) is 9.97. The molecule has 2 aromatic carbocycles. The zero-order chi connectivity index (χ0) is 21.9. The van der Waals surface area contributed by atoms with Crippen molar-refractivity contribution in [2.24, 2.45) is 14.1 Å². The minimum atomic E-state index is -0.453. The standard InChI is InChI=1S/C24H22N2O5/c1-25-12-16(21-18(25)9-13(29-3)10-19(21)30-4)15-11-20(27)31-23-14-7-5-6-8-17(14)26(2)24(28)22(15)23/h5-10,12,15H,11H2,1-4H3. The van der Waals surface area contributed by atoms with Crippen molar-refractivity contribution in [3.05, 3.63) is 64.1 Å². The summed E-state index contributed by atoms with van der Waals surface area (Å²) in [4.78, 5) is 26.1. The molecule has 0 spiro atoms. The number of carbonyl (C=O) groups is 1. The van der Waals surface area contributed by atoms with Crippen LogP contribution in [0.15, 0.2) is 47.4 Å². The van der Waals surface area contributed by atoms with E-state index in [9.17, 15) is 9.59 Å². The van der Waals surface area contributed by atoms with Crippen LogP contribution in [0.1, 0.15) is 23.5 Å². The molecule has 0 saturated heterocycles. The van der Waals surface area contributed by atoms with Gasteiger partial charge >= 0.3 is 5.97 Å². The number of esters is 1. The number of ether oxygens (including phenoxy) is 3. The summed E-state index contributed by atoms with van der Waals surface area (Å²) in [5.74, 6) is 0.834. The summed E-state index contributed by atoms with van der Waals surface area (Å²) >= 11 is 0. The zero-order valence-electron chi connectivity index (χ0n) is 17.8. The Morgan fingerprint density at radius 1 is 1.03 bits per heavy atom. The summed E-state index contributed by atoms with van der Waals surface area (Å²) in [7, 11) is 6.87. The van der Waals surface area contributed by atoms with Gasteiger partial charge in [0.15, 0.2) is 0 Å². The lowest BCUT2D eigenvalue weighted by atomic mass is 9.85. The van der Waals surface area contributed by atoms with Crippen LogP contribution < -0.4 is 19.8 Å². The van der Waals surface area contributed by atoms with Crippen LogP contribution >= 0.6 is 0 Å². The fourth-order valence-electron chi connectivity index (χ4n) is 4.63. The average molecular weight is 418 g/mol. The molecule has 2 aromatic heterocycles. The molecule has 0 fully saturated rings. The predicted octanol–water partition coefficient (Wildman–Crippen LogP) is 3.49. The minimum absolute atomic E-state index is 0.0783. The number of rotatable bonds is 3. The molecule has 0 saturated carbocycles. The monoisotopic (exact) mass is 418 g/mol. The SMILES string of the molecule is COc1cc(OC)c2c(C3CC(=O)Oc4c3c(=O)n(C)c3ccccc43)cn(C)c2c1. The Hall–Kier alpha value is -3.74.